The summed E-state index contributed by atoms with van der Waals surface area (Å²) >= 11 is 0. The fourth-order valence-electron chi connectivity index (χ4n) is 19.5. The molecule has 83 heavy (non-hydrogen) atoms. The molecule has 12 nitrogen and oxygen atoms in total. The first kappa shape index (κ1) is 67.8. The number of ether oxygens (including phenoxy) is 5. The number of fused-ring (bicyclic) bond motifs is 1. The molecule has 0 spiro atoms. The van der Waals surface area contributed by atoms with Gasteiger partial charge in [0.2, 0.25) is 0 Å². The third-order valence-electron chi connectivity index (χ3n) is 25.1. The van der Waals surface area contributed by atoms with Crippen molar-refractivity contribution in [3.8, 4) is 0 Å². The molecule has 14 aliphatic carbocycles. The molecular formula is C71H120O12. The quantitative estimate of drug-likeness (QED) is 0.125. The van der Waals surface area contributed by atoms with Crippen LogP contribution < -0.4 is 0 Å². The second-order valence-corrected chi connectivity index (χ2v) is 33.4. The highest BCUT2D eigenvalue weighted by atomic mass is 16.6. The van der Waals surface area contributed by atoms with E-state index in [-0.39, 0.29) is 90.1 Å². The fraction of sp³-hybridized carbons (Fsp3) is 0.930. The minimum Gasteiger partial charge on any atom is -0.462 e. The summed E-state index contributed by atoms with van der Waals surface area (Å²) in [6, 6.07) is 0. The van der Waals surface area contributed by atoms with Crippen LogP contribution in [0, 0.1) is 86.3 Å². The van der Waals surface area contributed by atoms with E-state index in [2.05, 4.69) is 34.6 Å². The van der Waals surface area contributed by atoms with Gasteiger partial charge in [-0.15, -0.1) is 0 Å². The number of carbonyl (C=O) groups excluding carboxylic acids is 5. The summed E-state index contributed by atoms with van der Waals surface area (Å²) in [5, 5.41) is 21.3. The molecular weight excluding hydrogens is 1040 g/mol. The van der Waals surface area contributed by atoms with Crippen LogP contribution in [-0.4, -0.2) is 79.8 Å². The summed E-state index contributed by atoms with van der Waals surface area (Å²) < 4.78 is 29.8. The van der Waals surface area contributed by atoms with Crippen molar-refractivity contribution in [1.82, 2.24) is 0 Å². The molecule has 6 atom stereocenters. The van der Waals surface area contributed by atoms with Crippen LogP contribution in [0.5, 0.6) is 0 Å². The van der Waals surface area contributed by atoms with Crippen LogP contribution >= 0.6 is 0 Å². The number of hydrogen-bond donors (Lipinski definition) is 2. The van der Waals surface area contributed by atoms with Crippen LogP contribution in [0.25, 0.3) is 0 Å². The minimum atomic E-state index is -0.842. The maximum absolute atomic E-state index is 12.6. The number of rotatable bonds is 14. The standard InChI is InChI=1S/C19H32O2.C18H30O2.C16H26O4.C16H24O4.2CH4/c1-6-17(2,3)16(20)21-18(4,5)19-10-13-7-14(11-19)9-15(8-13)12-19;1-5-17(3,4)16(19)20-18(6-2)14-8-12-7-13(10-14)11-15(18)9-12;1-4-13(2,3)12(17)20-16-7-11-5-14(18,9-16)8-15(19,6-11)10-16;1-4-15(2,3)14(18)20-16-7-10-5-11(8-16)13(17)19-12(6-10)9-16;;/h13-15H,6-12H2,1-5H3;12-15H,5-11H2,1-4H3;11,18-19H,4-10H2,1-3H3;10-12H,4-9H2,1-3H3;2*1H4. The Morgan fingerprint density at radius 2 is 0.855 bits per heavy atom. The number of hydrogen-bond acceptors (Lipinski definition) is 12. The molecule has 16 aliphatic rings. The molecule has 2 heterocycles. The van der Waals surface area contributed by atoms with E-state index >= 15 is 0 Å². The number of carbonyl (C=O) groups is 5. The zero-order valence-electron chi connectivity index (χ0n) is 53.4. The van der Waals surface area contributed by atoms with Crippen molar-refractivity contribution < 1.29 is 57.9 Å². The van der Waals surface area contributed by atoms with Gasteiger partial charge in [0.15, 0.2) is 0 Å². The highest BCUT2D eigenvalue weighted by molar-refractivity contribution is 5.78. The van der Waals surface area contributed by atoms with Crippen LogP contribution in [0.3, 0.4) is 0 Å². The highest BCUT2D eigenvalue weighted by Crippen LogP contribution is 2.66. The predicted octanol–water partition coefficient (Wildman–Crippen LogP) is 15.8. The first-order chi connectivity index (χ1) is 37.5. The van der Waals surface area contributed by atoms with Gasteiger partial charge in [-0.25, -0.2) is 0 Å². The van der Waals surface area contributed by atoms with Crippen molar-refractivity contribution in [2.45, 2.75) is 332 Å². The lowest BCUT2D eigenvalue weighted by Crippen LogP contribution is -2.67. The molecule has 12 heteroatoms. The molecule has 2 aliphatic heterocycles. The molecule has 16 bridgehead atoms. The van der Waals surface area contributed by atoms with E-state index in [1.165, 1.54) is 70.6 Å². The normalized spacial score (nSPS) is 40.8. The zero-order valence-corrected chi connectivity index (χ0v) is 53.4. The van der Waals surface area contributed by atoms with E-state index in [1.54, 1.807) is 0 Å². The first-order valence-corrected chi connectivity index (χ1v) is 33.1. The van der Waals surface area contributed by atoms with Crippen molar-refractivity contribution >= 4 is 29.8 Å². The molecule has 0 amide bonds. The van der Waals surface area contributed by atoms with Gasteiger partial charge in [0.25, 0.3) is 0 Å². The molecule has 0 aromatic heterocycles. The number of aliphatic hydroxyl groups is 2. The Morgan fingerprint density at radius 3 is 1.29 bits per heavy atom. The van der Waals surface area contributed by atoms with E-state index in [9.17, 15) is 34.2 Å². The van der Waals surface area contributed by atoms with E-state index in [1.807, 2.05) is 69.2 Å². The first-order valence-electron chi connectivity index (χ1n) is 33.1. The summed E-state index contributed by atoms with van der Waals surface area (Å²) in [5.41, 5.74) is -4.63. The molecule has 0 aromatic carbocycles. The van der Waals surface area contributed by atoms with Gasteiger partial charge in [0, 0.05) is 37.5 Å². The maximum Gasteiger partial charge on any atom is 0.312 e. The third-order valence-corrected chi connectivity index (χ3v) is 25.1. The van der Waals surface area contributed by atoms with E-state index < -0.39 is 33.2 Å². The van der Waals surface area contributed by atoms with Crippen LogP contribution in [0.15, 0.2) is 0 Å². The van der Waals surface area contributed by atoms with Gasteiger partial charge in [-0.2, -0.15) is 0 Å². The average Bonchev–Trinajstić information content (AvgIpc) is 1.42. The molecule has 476 valence electrons. The Morgan fingerprint density at radius 1 is 0.458 bits per heavy atom. The van der Waals surface area contributed by atoms with Crippen LogP contribution in [-0.2, 0) is 47.7 Å². The SMILES string of the molecule is C.C.CCC(C)(C)C(=O)OC(C)(C)C12CC3CC(CC(C3)C1)C2.CCC(C)(C)C(=O)OC1(CC)C2CC3CC(C2)CC1C3.CCC(C)(C)C(=O)OC12CC3CC(C1)OC(=O)C(C3)C2.CCC(C)(C)C(=O)OC12CC3CC(O)(CC(O)(C3)C1)C2. The van der Waals surface area contributed by atoms with Gasteiger partial charge in [0.05, 0.1) is 38.8 Å². The molecule has 0 aromatic rings. The van der Waals surface area contributed by atoms with Crippen molar-refractivity contribution in [1.29, 1.82) is 0 Å². The maximum atomic E-state index is 12.6. The smallest absolute Gasteiger partial charge is 0.312 e. The van der Waals surface area contributed by atoms with E-state index in [4.69, 9.17) is 23.7 Å². The van der Waals surface area contributed by atoms with Crippen LogP contribution in [0.2, 0.25) is 0 Å². The summed E-state index contributed by atoms with van der Waals surface area (Å²) in [6.07, 6.45) is 26.8. The van der Waals surface area contributed by atoms with Crippen LogP contribution in [0.1, 0.15) is 292 Å². The summed E-state index contributed by atoms with van der Waals surface area (Å²) in [6.45, 7) is 30.4. The van der Waals surface area contributed by atoms with Crippen molar-refractivity contribution in [2.24, 2.45) is 86.3 Å². The largest absolute Gasteiger partial charge is 0.462 e. The van der Waals surface area contributed by atoms with Gasteiger partial charge < -0.3 is 33.9 Å². The summed E-state index contributed by atoms with van der Waals surface area (Å²) in [7, 11) is 0. The molecule has 6 unspecified atom stereocenters. The molecule has 0 radical (unpaired) electrons. The average molecular weight is 1170 g/mol. The lowest BCUT2D eigenvalue weighted by molar-refractivity contribution is -0.264. The minimum absolute atomic E-state index is 0. The lowest BCUT2D eigenvalue weighted by atomic mass is 9.46. The van der Waals surface area contributed by atoms with Gasteiger partial charge in [-0.05, 0) is 264 Å². The lowest BCUT2D eigenvalue weighted by Gasteiger charge is -2.62. The van der Waals surface area contributed by atoms with Gasteiger partial charge in [-0.3, -0.25) is 24.0 Å². The van der Waals surface area contributed by atoms with Gasteiger partial charge >= 0.3 is 29.8 Å². The second kappa shape index (κ2) is 23.7. The Hall–Kier alpha value is -2.73. The van der Waals surface area contributed by atoms with Crippen LogP contribution in [0.4, 0.5) is 0 Å². The molecule has 14 saturated carbocycles. The monoisotopic (exact) mass is 1160 g/mol. The predicted molar refractivity (Wildman–Crippen MR) is 325 cm³/mol. The summed E-state index contributed by atoms with van der Waals surface area (Å²) in [5.74, 6) is 6.11. The fourth-order valence-corrected chi connectivity index (χ4v) is 19.5. The molecule has 2 N–H and O–H groups in total. The molecule has 2 saturated heterocycles. The highest BCUT2D eigenvalue weighted by Gasteiger charge is 2.66. The Bertz CT molecular complexity index is 2280. The van der Waals surface area contributed by atoms with E-state index in [0.29, 0.717) is 49.9 Å². The summed E-state index contributed by atoms with van der Waals surface area (Å²) in [4.78, 5) is 62.0. The third kappa shape index (κ3) is 13.4. The van der Waals surface area contributed by atoms with Gasteiger partial charge in [-0.1, -0.05) is 49.5 Å². The molecule has 16 fully saturated rings. The van der Waals surface area contributed by atoms with Gasteiger partial charge in [0.1, 0.15) is 28.5 Å². The van der Waals surface area contributed by atoms with Crippen molar-refractivity contribution in [2.75, 3.05) is 0 Å². The topological polar surface area (TPSA) is 172 Å². The van der Waals surface area contributed by atoms with Crippen molar-refractivity contribution in [3.05, 3.63) is 0 Å². The molecule has 16 rings (SSSR count). The second-order valence-electron chi connectivity index (χ2n) is 33.4. The Balaban J connectivity index is 0.000000158. The Kier molecular flexibility index (Phi) is 19.3. The number of esters is 5. The zero-order chi connectivity index (χ0) is 59.4. The van der Waals surface area contributed by atoms with E-state index in [0.717, 1.165) is 100 Å². The Labute approximate surface area is 503 Å². The van der Waals surface area contributed by atoms with Crippen molar-refractivity contribution in [3.63, 3.8) is 0 Å².